The summed E-state index contributed by atoms with van der Waals surface area (Å²) in [5.74, 6) is -0.799. The van der Waals surface area contributed by atoms with Gasteiger partial charge in [0.15, 0.2) is 0 Å². The summed E-state index contributed by atoms with van der Waals surface area (Å²) in [6.45, 7) is 0.181. The highest BCUT2D eigenvalue weighted by atomic mass is 16.5. The SMILES string of the molecule is N#CC=C(C#N)C(=O)OCCCCO. The third kappa shape index (κ3) is 4.91. The minimum absolute atomic E-state index is 0.0384. The molecule has 0 aliphatic heterocycles. The number of unbranched alkanes of at least 4 members (excludes halogenated alkanes) is 1. The van der Waals surface area contributed by atoms with Gasteiger partial charge in [0.2, 0.25) is 0 Å². The number of ether oxygens (including phenoxy) is 1. The van der Waals surface area contributed by atoms with Crippen LogP contribution < -0.4 is 0 Å². The number of carbonyl (C=O) groups excluding carboxylic acids is 1. The van der Waals surface area contributed by atoms with Gasteiger partial charge in [0.25, 0.3) is 0 Å². The first-order chi connectivity index (χ1) is 6.76. The highest BCUT2D eigenvalue weighted by molar-refractivity contribution is 5.93. The van der Waals surface area contributed by atoms with Crippen molar-refractivity contribution in [3.8, 4) is 12.1 Å². The molecule has 0 rings (SSSR count). The zero-order chi connectivity index (χ0) is 10.8. The molecule has 74 valence electrons. The Morgan fingerprint density at radius 2 is 2.14 bits per heavy atom. The maximum absolute atomic E-state index is 11.0. The smallest absolute Gasteiger partial charge is 0.349 e. The normalized spacial score (nSPS) is 10.1. The zero-order valence-electron chi connectivity index (χ0n) is 7.56. The van der Waals surface area contributed by atoms with Crippen molar-refractivity contribution >= 4 is 5.97 Å². The summed E-state index contributed by atoms with van der Waals surface area (Å²) in [7, 11) is 0. The number of rotatable bonds is 5. The second-order valence-electron chi connectivity index (χ2n) is 2.37. The predicted molar refractivity (Wildman–Crippen MR) is 46.6 cm³/mol. The molecule has 0 aliphatic carbocycles. The number of nitrogens with zero attached hydrogens (tertiary/aromatic N) is 2. The van der Waals surface area contributed by atoms with E-state index in [-0.39, 0.29) is 18.8 Å². The molecule has 0 atom stereocenters. The molecule has 0 unspecified atom stereocenters. The Bertz CT molecular complexity index is 296. The number of aliphatic hydroxyl groups is 1. The number of allylic oxidation sites excluding steroid dienone is 1. The molecule has 0 aromatic carbocycles. The molecule has 0 saturated carbocycles. The summed E-state index contributed by atoms with van der Waals surface area (Å²) < 4.78 is 4.66. The van der Waals surface area contributed by atoms with E-state index in [1.165, 1.54) is 0 Å². The van der Waals surface area contributed by atoms with Crippen molar-refractivity contribution < 1.29 is 14.6 Å². The molecular weight excluding hydrogens is 184 g/mol. The average molecular weight is 194 g/mol. The zero-order valence-corrected chi connectivity index (χ0v) is 7.56. The highest BCUT2D eigenvalue weighted by Crippen LogP contribution is 1.97. The Hall–Kier alpha value is -1.85. The largest absolute Gasteiger partial charge is 0.462 e. The fraction of sp³-hybridized carbons (Fsp3) is 0.444. The lowest BCUT2D eigenvalue weighted by Gasteiger charge is -2.01. The summed E-state index contributed by atoms with van der Waals surface area (Å²) in [4.78, 5) is 11.0. The fourth-order valence-corrected chi connectivity index (χ4v) is 0.658. The molecule has 0 aromatic rings. The van der Waals surface area contributed by atoms with E-state index in [9.17, 15) is 4.79 Å². The molecule has 5 nitrogen and oxygen atoms in total. The third-order valence-electron chi connectivity index (χ3n) is 1.33. The number of aliphatic hydroxyl groups excluding tert-OH is 1. The van der Waals surface area contributed by atoms with Gasteiger partial charge < -0.3 is 9.84 Å². The van der Waals surface area contributed by atoms with Crippen LogP contribution in [0.3, 0.4) is 0 Å². The minimum Gasteiger partial charge on any atom is -0.462 e. The summed E-state index contributed by atoms with van der Waals surface area (Å²) in [6.07, 6.45) is 1.92. The fourth-order valence-electron chi connectivity index (χ4n) is 0.658. The Labute approximate surface area is 81.8 Å². The average Bonchev–Trinajstić information content (AvgIpc) is 2.20. The number of hydrogen-bond acceptors (Lipinski definition) is 5. The Balaban J connectivity index is 3.91. The van der Waals surface area contributed by atoms with Crippen molar-refractivity contribution in [2.45, 2.75) is 12.8 Å². The lowest BCUT2D eigenvalue weighted by atomic mass is 10.3. The quantitative estimate of drug-likeness (QED) is 0.293. The van der Waals surface area contributed by atoms with E-state index < -0.39 is 5.97 Å². The molecule has 0 radical (unpaired) electrons. The molecule has 0 heterocycles. The molecule has 0 saturated heterocycles. The second-order valence-corrected chi connectivity index (χ2v) is 2.37. The van der Waals surface area contributed by atoms with Crippen molar-refractivity contribution in [2.75, 3.05) is 13.2 Å². The van der Waals surface area contributed by atoms with Crippen molar-refractivity contribution in [1.82, 2.24) is 0 Å². The minimum atomic E-state index is -0.799. The molecule has 14 heavy (non-hydrogen) atoms. The first-order valence-corrected chi connectivity index (χ1v) is 4.04. The van der Waals surface area contributed by atoms with Gasteiger partial charge >= 0.3 is 5.97 Å². The summed E-state index contributed by atoms with van der Waals surface area (Å²) in [6, 6.07) is 3.13. The molecule has 0 aliphatic rings. The molecule has 5 heteroatoms. The molecule has 0 spiro atoms. The van der Waals surface area contributed by atoms with Gasteiger partial charge in [-0.25, -0.2) is 4.79 Å². The van der Waals surface area contributed by atoms with E-state index in [0.717, 1.165) is 6.08 Å². The van der Waals surface area contributed by atoms with Gasteiger partial charge in [0, 0.05) is 12.7 Å². The monoisotopic (exact) mass is 194 g/mol. The van der Waals surface area contributed by atoms with E-state index in [1.54, 1.807) is 12.1 Å². The lowest BCUT2D eigenvalue weighted by molar-refractivity contribution is -0.138. The third-order valence-corrected chi connectivity index (χ3v) is 1.33. The van der Waals surface area contributed by atoms with Gasteiger partial charge in [-0.05, 0) is 12.8 Å². The number of nitriles is 2. The van der Waals surface area contributed by atoms with Gasteiger partial charge in [0.05, 0.1) is 12.7 Å². The van der Waals surface area contributed by atoms with E-state index in [4.69, 9.17) is 15.6 Å². The first-order valence-electron chi connectivity index (χ1n) is 4.04. The maximum atomic E-state index is 11.0. The molecule has 0 amide bonds. The van der Waals surface area contributed by atoms with E-state index in [0.29, 0.717) is 12.8 Å². The second kappa shape index (κ2) is 7.78. The maximum Gasteiger partial charge on any atom is 0.349 e. The van der Waals surface area contributed by atoms with Crippen LogP contribution in [-0.4, -0.2) is 24.3 Å². The van der Waals surface area contributed by atoms with Gasteiger partial charge in [-0.3, -0.25) is 0 Å². The van der Waals surface area contributed by atoms with Crippen LogP contribution in [0.15, 0.2) is 11.6 Å². The molecule has 0 bridgehead atoms. The van der Waals surface area contributed by atoms with Crippen LogP contribution in [0.4, 0.5) is 0 Å². The molecule has 0 aromatic heterocycles. The standard InChI is InChI=1S/C9H10N2O3/c10-4-3-8(7-11)9(13)14-6-2-1-5-12/h3,12H,1-2,5-6H2. The van der Waals surface area contributed by atoms with Gasteiger partial charge in [-0.15, -0.1) is 0 Å². The summed E-state index contributed by atoms with van der Waals surface area (Å²) >= 11 is 0. The van der Waals surface area contributed by atoms with Gasteiger partial charge in [-0.1, -0.05) is 0 Å². The van der Waals surface area contributed by atoms with Crippen LogP contribution in [0.2, 0.25) is 0 Å². The molecular formula is C9H10N2O3. The van der Waals surface area contributed by atoms with Crippen LogP contribution in [-0.2, 0) is 9.53 Å². The van der Waals surface area contributed by atoms with Crippen molar-refractivity contribution in [1.29, 1.82) is 10.5 Å². The number of esters is 1. The van der Waals surface area contributed by atoms with Gasteiger partial charge in [0.1, 0.15) is 11.6 Å². The van der Waals surface area contributed by atoms with Crippen LogP contribution in [0.5, 0.6) is 0 Å². The number of carbonyl (C=O) groups is 1. The summed E-state index contributed by atoms with van der Waals surface area (Å²) in [5, 5.41) is 25.1. The highest BCUT2D eigenvalue weighted by Gasteiger charge is 2.09. The van der Waals surface area contributed by atoms with E-state index in [1.807, 2.05) is 0 Å². The van der Waals surface area contributed by atoms with Crippen LogP contribution in [0, 0.1) is 22.7 Å². The summed E-state index contributed by atoms with van der Waals surface area (Å²) in [5.41, 5.74) is -0.309. The molecule has 1 N–H and O–H groups in total. The van der Waals surface area contributed by atoms with Crippen molar-refractivity contribution in [3.63, 3.8) is 0 Å². The van der Waals surface area contributed by atoms with Crippen molar-refractivity contribution in [3.05, 3.63) is 11.6 Å². The van der Waals surface area contributed by atoms with E-state index >= 15 is 0 Å². The van der Waals surface area contributed by atoms with E-state index in [2.05, 4.69) is 4.74 Å². The Kier molecular flexibility index (Phi) is 6.75. The number of hydrogen-bond donors (Lipinski definition) is 1. The lowest BCUT2D eigenvalue weighted by Crippen LogP contribution is -2.08. The van der Waals surface area contributed by atoms with Crippen LogP contribution in [0.25, 0.3) is 0 Å². The Morgan fingerprint density at radius 3 is 2.64 bits per heavy atom. The van der Waals surface area contributed by atoms with Crippen molar-refractivity contribution in [2.24, 2.45) is 0 Å². The predicted octanol–water partition coefficient (Wildman–Crippen LogP) is 0.276. The first kappa shape index (κ1) is 12.2. The topological polar surface area (TPSA) is 94.1 Å². The van der Waals surface area contributed by atoms with Crippen LogP contribution in [0.1, 0.15) is 12.8 Å². The Morgan fingerprint density at radius 1 is 1.43 bits per heavy atom. The van der Waals surface area contributed by atoms with Gasteiger partial charge in [-0.2, -0.15) is 10.5 Å². The molecule has 0 fully saturated rings. The van der Waals surface area contributed by atoms with Crippen LogP contribution >= 0.6 is 0 Å².